The third-order valence-electron chi connectivity index (χ3n) is 4.78. The van der Waals surface area contributed by atoms with Gasteiger partial charge in [-0.05, 0) is 35.6 Å². The average Bonchev–Trinajstić information content (AvgIpc) is 3.13. The average molecular weight is 375 g/mol. The number of nitrogens with zero attached hydrogens (tertiary/aromatic N) is 2. The molecule has 0 fully saturated rings. The monoisotopic (exact) mass is 374 g/mol. The Morgan fingerprint density at radius 1 is 1.23 bits per heavy atom. The van der Waals surface area contributed by atoms with E-state index in [0.29, 0.717) is 31.1 Å². The third kappa shape index (κ3) is 4.01. The number of benzene rings is 1. The van der Waals surface area contributed by atoms with E-state index in [1.807, 2.05) is 17.0 Å². The van der Waals surface area contributed by atoms with Crippen LogP contribution in [0.3, 0.4) is 0 Å². The van der Waals surface area contributed by atoms with Crippen molar-refractivity contribution in [1.29, 1.82) is 0 Å². The van der Waals surface area contributed by atoms with Crippen molar-refractivity contribution >= 4 is 17.2 Å². The predicted molar refractivity (Wildman–Crippen MR) is 103 cm³/mol. The molecule has 0 saturated heterocycles. The molecule has 5 nitrogen and oxygen atoms in total. The molecule has 0 atom stereocenters. The summed E-state index contributed by atoms with van der Waals surface area (Å²) in [5.41, 5.74) is 3.48. The number of hydrogen-bond donors (Lipinski definition) is 0. The van der Waals surface area contributed by atoms with Gasteiger partial charge in [0.2, 0.25) is 5.91 Å². The molecule has 3 rings (SSSR count). The van der Waals surface area contributed by atoms with E-state index in [0.717, 1.165) is 35.0 Å². The van der Waals surface area contributed by atoms with E-state index in [-0.39, 0.29) is 5.91 Å². The lowest BCUT2D eigenvalue weighted by atomic mass is 9.98. The first kappa shape index (κ1) is 18.7. The van der Waals surface area contributed by atoms with Gasteiger partial charge in [-0.25, -0.2) is 4.98 Å². The molecule has 0 N–H and O–H groups in total. The number of aryl methyl sites for hydroxylation is 1. The molecule has 2 heterocycles. The summed E-state index contributed by atoms with van der Waals surface area (Å²) < 4.78 is 10.8. The van der Waals surface area contributed by atoms with Gasteiger partial charge in [-0.15, -0.1) is 11.3 Å². The number of aromatic nitrogens is 1. The molecule has 6 heteroatoms. The summed E-state index contributed by atoms with van der Waals surface area (Å²) >= 11 is 1.65. The van der Waals surface area contributed by atoms with Crippen molar-refractivity contribution in [3.8, 4) is 11.5 Å². The van der Waals surface area contributed by atoms with Gasteiger partial charge in [0.25, 0.3) is 0 Å². The van der Waals surface area contributed by atoms with Gasteiger partial charge < -0.3 is 14.4 Å². The first-order chi connectivity index (χ1) is 12.5. The number of methoxy groups -OCH3 is 2. The molecular formula is C20H26N2O3S. The second-order valence-electron chi connectivity index (χ2n) is 6.86. The lowest BCUT2D eigenvalue weighted by Crippen LogP contribution is -2.36. The minimum atomic E-state index is 0.187. The van der Waals surface area contributed by atoms with Crippen molar-refractivity contribution in [1.82, 2.24) is 9.88 Å². The largest absolute Gasteiger partial charge is 0.493 e. The van der Waals surface area contributed by atoms with Gasteiger partial charge in [0, 0.05) is 31.3 Å². The van der Waals surface area contributed by atoms with E-state index in [9.17, 15) is 4.79 Å². The number of fused-ring (bicyclic) bond motifs is 1. The second-order valence-corrected chi connectivity index (χ2v) is 7.80. The number of rotatable bonds is 6. The molecule has 0 spiro atoms. The third-order valence-corrected chi connectivity index (χ3v) is 5.71. The van der Waals surface area contributed by atoms with Crippen LogP contribution in [0.25, 0.3) is 0 Å². The summed E-state index contributed by atoms with van der Waals surface area (Å²) in [7, 11) is 3.28. The minimum absolute atomic E-state index is 0.187. The Hall–Kier alpha value is -2.08. The summed E-state index contributed by atoms with van der Waals surface area (Å²) in [6.07, 6.45) is 2.06. The van der Waals surface area contributed by atoms with Crippen LogP contribution in [0.5, 0.6) is 11.5 Å². The number of carbonyl (C=O) groups is 1. The second kappa shape index (κ2) is 8.08. The molecule has 1 aromatic heterocycles. The van der Waals surface area contributed by atoms with Gasteiger partial charge in [0.05, 0.1) is 24.9 Å². The summed E-state index contributed by atoms with van der Waals surface area (Å²) in [4.78, 5) is 19.2. The van der Waals surface area contributed by atoms with E-state index >= 15 is 0 Å². The van der Waals surface area contributed by atoms with Crippen LogP contribution in [0.2, 0.25) is 0 Å². The van der Waals surface area contributed by atoms with Crippen LogP contribution in [-0.4, -0.2) is 36.6 Å². The Bertz CT molecular complexity index is 785. The lowest BCUT2D eigenvalue weighted by molar-refractivity contribution is -0.132. The first-order valence-electron chi connectivity index (χ1n) is 8.97. The topological polar surface area (TPSA) is 51.7 Å². The maximum absolute atomic E-state index is 12.6. The van der Waals surface area contributed by atoms with Crippen LogP contribution in [0.4, 0.5) is 0 Å². The van der Waals surface area contributed by atoms with Gasteiger partial charge in [-0.3, -0.25) is 4.79 Å². The quantitative estimate of drug-likeness (QED) is 0.772. The fourth-order valence-corrected chi connectivity index (χ4v) is 4.13. The molecule has 0 saturated carbocycles. The summed E-state index contributed by atoms with van der Waals surface area (Å²) in [6.45, 7) is 5.65. The maximum atomic E-state index is 12.6. The Morgan fingerprint density at radius 3 is 2.54 bits per heavy atom. The Kier molecular flexibility index (Phi) is 5.81. The van der Waals surface area contributed by atoms with Gasteiger partial charge >= 0.3 is 0 Å². The molecule has 0 bridgehead atoms. The molecule has 0 aliphatic carbocycles. The summed E-state index contributed by atoms with van der Waals surface area (Å²) in [5, 5.41) is 3.15. The van der Waals surface area contributed by atoms with E-state index in [1.54, 1.807) is 25.6 Å². The van der Waals surface area contributed by atoms with Crippen LogP contribution < -0.4 is 9.47 Å². The Labute approximate surface area is 159 Å². The zero-order valence-electron chi connectivity index (χ0n) is 15.9. The zero-order valence-corrected chi connectivity index (χ0v) is 16.7. The van der Waals surface area contributed by atoms with Crippen LogP contribution in [0, 0.1) is 0 Å². The van der Waals surface area contributed by atoms with Gasteiger partial charge in [-0.2, -0.15) is 0 Å². The number of ether oxygens (including phenoxy) is 2. The van der Waals surface area contributed by atoms with E-state index in [2.05, 4.69) is 24.2 Å². The SMILES string of the molecule is COc1cc2c(cc1OC)CN(C(=O)CCc1nc(C(C)C)cs1)CC2. The van der Waals surface area contributed by atoms with Crippen LogP contribution in [-0.2, 0) is 24.2 Å². The van der Waals surface area contributed by atoms with Gasteiger partial charge in [0.1, 0.15) is 0 Å². The van der Waals surface area contributed by atoms with E-state index in [4.69, 9.17) is 9.47 Å². The number of thiazole rings is 1. The van der Waals surface area contributed by atoms with Crippen molar-refractivity contribution in [2.24, 2.45) is 0 Å². The van der Waals surface area contributed by atoms with Gasteiger partial charge in [0.15, 0.2) is 11.5 Å². The summed E-state index contributed by atoms with van der Waals surface area (Å²) in [5.74, 6) is 2.08. The van der Waals surface area contributed by atoms with Crippen molar-refractivity contribution in [3.05, 3.63) is 39.3 Å². The van der Waals surface area contributed by atoms with E-state index < -0.39 is 0 Å². The lowest BCUT2D eigenvalue weighted by Gasteiger charge is -2.29. The zero-order chi connectivity index (χ0) is 18.7. The molecule has 1 aliphatic heterocycles. The molecule has 0 radical (unpaired) electrons. The number of amides is 1. The molecule has 26 heavy (non-hydrogen) atoms. The van der Waals surface area contributed by atoms with Gasteiger partial charge in [-0.1, -0.05) is 13.8 Å². The standard InChI is InChI=1S/C20H26N2O3S/c1-13(2)16-12-26-19(21-16)5-6-20(23)22-8-7-14-9-17(24-3)18(25-4)10-15(14)11-22/h9-10,12-13H,5-8,11H2,1-4H3. The fourth-order valence-electron chi connectivity index (χ4n) is 3.17. The van der Waals surface area contributed by atoms with Crippen molar-refractivity contribution in [3.63, 3.8) is 0 Å². The normalized spacial score (nSPS) is 13.7. The smallest absolute Gasteiger partial charge is 0.223 e. The highest BCUT2D eigenvalue weighted by Crippen LogP contribution is 2.33. The number of carbonyl (C=O) groups excluding carboxylic acids is 1. The summed E-state index contributed by atoms with van der Waals surface area (Å²) in [6, 6.07) is 4.02. The predicted octanol–water partition coefficient (Wildman–Crippen LogP) is 3.80. The first-order valence-corrected chi connectivity index (χ1v) is 9.85. The van der Waals surface area contributed by atoms with E-state index in [1.165, 1.54) is 5.56 Å². The molecule has 2 aromatic rings. The molecule has 1 aromatic carbocycles. The Balaban J connectivity index is 1.63. The highest BCUT2D eigenvalue weighted by molar-refractivity contribution is 7.09. The maximum Gasteiger partial charge on any atom is 0.223 e. The molecular weight excluding hydrogens is 348 g/mol. The molecule has 1 amide bonds. The fraction of sp³-hybridized carbons (Fsp3) is 0.500. The number of hydrogen-bond acceptors (Lipinski definition) is 5. The Morgan fingerprint density at radius 2 is 1.92 bits per heavy atom. The van der Waals surface area contributed by atoms with Crippen LogP contribution in [0.1, 0.15) is 48.0 Å². The molecule has 1 aliphatic rings. The van der Waals surface area contributed by atoms with Crippen molar-refractivity contribution < 1.29 is 14.3 Å². The van der Waals surface area contributed by atoms with Crippen LogP contribution in [0.15, 0.2) is 17.5 Å². The van der Waals surface area contributed by atoms with Crippen molar-refractivity contribution in [2.45, 2.75) is 45.6 Å². The van der Waals surface area contributed by atoms with Crippen LogP contribution >= 0.6 is 11.3 Å². The molecule has 0 unspecified atom stereocenters. The minimum Gasteiger partial charge on any atom is -0.493 e. The van der Waals surface area contributed by atoms with Crippen molar-refractivity contribution in [2.75, 3.05) is 20.8 Å². The highest BCUT2D eigenvalue weighted by Gasteiger charge is 2.23. The molecule has 140 valence electrons. The highest BCUT2D eigenvalue weighted by atomic mass is 32.1.